The van der Waals surface area contributed by atoms with Crippen LogP contribution < -0.4 is 0 Å². The second-order valence-electron chi connectivity index (χ2n) is 5.07. The molecule has 0 aromatic carbocycles. The Balaban J connectivity index is 2.85. The summed E-state index contributed by atoms with van der Waals surface area (Å²) in [5, 5.41) is 0. The summed E-state index contributed by atoms with van der Waals surface area (Å²) in [6.45, 7) is 11.9. The van der Waals surface area contributed by atoms with Gasteiger partial charge in [-0.2, -0.15) is 0 Å². The van der Waals surface area contributed by atoms with Gasteiger partial charge in [-0.25, -0.2) is 4.99 Å². The molecule has 1 heterocycles. The quantitative estimate of drug-likeness (QED) is 0.701. The maximum atomic E-state index is 5.66. The van der Waals surface area contributed by atoms with Gasteiger partial charge >= 0.3 is 0 Å². The highest BCUT2D eigenvalue weighted by atomic mass is 16.5. The Bertz CT molecular complexity index is 287. The Morgan fingerprint density at radius 1 is 1.12 bits per heavy atom. The third-order valence-electron chi connectivity index (χ3n) is 2.90. The van der Waals surface area contributed by atoms with Gasteiger partial charge in [0.15, 0.2) is 5.90 Å². The van der Waals surface area contributed by atoms with Gasteiger partial charge in [-0.05, 0) is 30.3 Å². The van der Waals surface area contributed by atoms with E-state index in [-0.39, 0.29) is 0 Å². The Kier molecular flexibility index (Phi) is 5.04. The van der Waals surface area contributed by atoms with E-state index in [0.29, 0.717) is 11.8 Å². The molecule has 1 aliphatic rings. The predicted octanol–water partition coefficient (Wildman–Crippen LogP) is 4.17. The van der Waals surface area contributed by atoms with E-state index in [1.165, 1.54) is 11.3 Å². The molecule has 16 heavy (non-hydrogen) atoms. The van der Waals surface area contributed by atoms with Crippen LogP contribution >= 0.6 is 0 Å². The summed E-state index contributed by atoms with van der Waals surface area (Å²) in [4.78, 5) is 4.70. The minimum absolute atomic E-state index is 0.498. The zero-order chi connectivity index (χ0) is 12.1. The van der Waals surface area contributed by atoms with Crippen LogP contribution in [0.3, 0.4) is 0 Å². The van der Waals surface area contributed by atoms with Crippen molar-refractivity contribution in [3.63, 3.8) is 0 Å². The zero-order valence-electron chi connectivity index (χ0n) is 11.3. The molecule has 0 bridgehead atoms. The molecule has 0 N–H and O–H groups in total. The highest BCUT2D eigenvalue weighted by Crippen LogP contribution is 2.30. The van der Waals surface area contributed by atoms with Crippen LogP contribution in [-0.2, 0) is 4.74 Å². The Hall–Kier alpha value is -0.790. The summed E-state index contributed by atoms with van der Waals surface area (Å²) in [7, 11) is 0. The van der Waals surface area contributed by atoms with Gasteiger partial charge in [0, 0.05) is 12.1 Å². The second-order valence-corrected chi connectivity index (χ2v) is 5.07. The van der Waals surface area contributed by atoms with E-state index in [2.05, 4.69) is 34.6 Å². The lowest BCUT2D eigenvalue weighted by Gasteiger charge is -2.23. The molecule has 1 aliphatic heterocycles. The van der Waals surface area contributed by atoms with Gasteiger partial charge in [0.1, 0.15) is 0 Å². The molecule has 0 aromatic rings. The zero-order valence-corrected chi connectivity index (χ0v) is 11.3. The summed E-state index contributed by atoms with van der Waals surface area (Å²) in [5.74, 6) is 2.04. The van der Waals surface area contributed by atoms with Gasteiger partial charge in [-0.15, -0.1) is 0 Å². The third-order valence-corrected chi connectivity index (χ3v) is 2.90. The molecule has 0 radical (unpaired) electrons. The average molecular weight is 223 g/mol. The summed E-state index contributed by atoms with van der Waals surface area (Å²) < 4.78 is 5.66. The molecule has 0 amide bonds. The highest BCUT2D eigenvalue weighted by Gasteiger charge is 2.20. The molecule has 0 unspecified atom stereocenters. The number of hydrogen-bond acceptors (Lipinski definition) is 2. The highest BCUT2D eigenvalue weighted by molar-refractivity contribution is 5.78. The standard InChI is InChI=1S/C14H25NO/c1-6-9-16-13-8-7-12(10(2)3)14(15-13)11(4)5/h10-11H,6-9H2,1-5H3. The van der Waals surface area contributed by atoms with E-state index in [9.17, 15) is 0 Å². The molecule has 2 heteroatoms. The van der Waals surface area contributed by atoms with Crippen molar-refractivity contribution < 1.29 is 4.74 Å². The normalized spacial score (nSPS) is 17.1. The fourth-order valence-corrected chi connectivity index (χ4v) is 2.04. The molecule has 92 valence electrons. The first-order valence-electron chi connectivity index (χ1n) is 6.49. The van der Waals surface area contributed by atoms with Crippen LogP contribution in [0.5, 0.6) is 0 Å². The summed E-state index contributed by atoms with van der Waals surface area (Å²) >= 11 is 0. The molecule has 0 saturated carbocycles. The van der Waals surface area contributed by atoms with Gasteiger partial charge in [-0.1, -0.05) is 34.6 Å². The lowest BCUT2D eigenvalue weighted by atomic mass is 9.90. The van der Waals surface area contributed by atoms with E-state index >= 15 is 0 Å². The second kappa shape index (κ2) is 6.07. The molecular weight excluding hydrogens is 198 g/mol. The first-order valence-corrected chi connectivity index (χ1v) is 6.49. The third kappa shape index (κ3) is 3.36. The largest absolute Gasteiger partial charge is 0.481 e. The van der Waals surface area contributed by atoms with E-state index in [1.807, 2.05) is 0 Å². The molecule has 0 saturated heterocycles. The van der Waals surface area contributed by atoms with Crippen molar-refractivity contribution in [1.82, 2.24) is 0 Å². The molecule has 0 aliphatic carbocycles. The van der Waals surface area contributed by atoms with Crippen molar-refractivity contribution in [1.29, 1.82) is 0 Å². The average Bonchev–Trinajstić information content (AvgIpc) is 2.25. The van der Waals surface area contributed by atoms with Gasteiger partial charge in [0.05, 0.1) is 6.61 Å². The number of nitrogens with zero attached hydrogens (tertiary/aromatic N) is 1. The Morgan fingerprint density at radius 2 is 1.81 bits per heavy atom. The number of ether oxygens (including phenoxy) is 1. The van der Waals surface area contributed by atoms with Crippen LogP contribution in [0.15, 0.2) is 16.3 Å². The molecule has 0 fully saturated rings. The number of hydrogen-bond donors (Lipinski definition) is 0. The minimum Gasteiger partial charge on any atom is -0.481 e. The lowest BCUT2D eigenvalue weighted by Crippen LogP contribution is -2.16. The van der Waals surface area contributed by atoms with Gasteiger partial charge in [-0.3, -0.25) is 0 Å². The topological polar surface area (TPSA) is 21.6 Å². The van der Waals surface area contributed by atoms with Crippen molar-refractivity contribution in [2.75, 3.05) is 6.61 Å². The minimum atomic E-state index is 0.498. The van der Waals surface area contributed by atoms with Crippen molar-refractivity contribution in [3.8, 4) is 0 Å². The first kappa shape index (κ1) is 13.3. The van der Waals surface area contributed by atoms with Crippen molar-refractivity contribution in [2.45, 2.75) is 53.9 Å². The molecular formula is C14H25NO. The van der Waals surface area contributed by atoms with Gasteiger partial charge in [0.25, 0.3) is 0 Å². The van der Waals surface area contributed by atoms with E-state index in [4.69, 9.17) is 9.73 Å². The maximum absolute atomic E-state index is 5.66. The summed E-state index contributed by atoms with van der Waals surface area (Å²) in [5.41, 5.74) is 2.77. The Labute approximate surface area is 99.8 Å². The van der Waals surface area contributed by atoms with Crippen LogP contribution in [0.4, 0.5) is 0 Å². The lowest BCUT2D eigenvalue weighted by molar-refractivity contribution is 0.292. The van der Waals surface area contributed by atoms with E-state index in [1.54, 1.807) is 0 Å². The van der Waals surface area contributed by atoms with Crippen LogP contribution in [0.1, 0.15) is 53.9 Å². The maximum Gasteiger partial charge on any atom is 0.188 e. The number of rotatable bonds is 4. The van der Waals surface area contributed by atoms with Crippen LogP contribution in [0.25, 0.3) is 0 Å². The summed E-state index contributed by atoms with van der Waals surface area (Å²) in [6.07, 6.45) is 3.15. The SMILES string of the molecule is CCCOC1=NC(C(C)C)=C(C(C)C)CC1. The number of allylic oxidation sites excluding steroid dienone is 2. The Morgan fingerprint density at radius 3 is 2.31 bits per heavy atom. The number of aliphatic imine (C=N–C) groups is 1. The van der Waals surface area contributed by atoms with Crippen LogP contribution in [0.2, 0.25) is 0 Å². The van der Waals surface area contributed by atoms with E-state index < -0.39 is 0 Å². The first-order chi connectivity index (χ1) is 7.56. The summed E-state index contributed by atoms with van der Waals surface area (Å²) in [6, 6.07) is 0. The van der Waals surface area contributed by atoms with Gasteiger partial charge < -0.3 is 4.74 Å². The monoisotopic (exact) mass is 223 g/mol. The van der Waals surface area contributed by atoms with Gasteiger partial charge in [0.2, 0.25) is 0 Å². The van der Waals surface area contributed by atoms with Crippen molar-refractivity contribution >= 4 is 5.90 Å². The molecule has 1 rings (SSSR count). The molecule has 2 nitrogen and oxygen atoms in total. The van der Waals surface area contributed by atoms with E-state index in [0.717, 1.165) is 31.8 Å². The van der Waals surface area contributed by atoms with Crippen molar-refractivity contribution in [2.24, 2.45) is 16.8 Å². The van der Waals surface area contributed by atoms with Crippen LogP contribution in [-0.4, -0.2) is 12.5 Å². The molecule has 0 aromatic heterocycles. The predicted molar refractivity (Wildman–Crippen MR) is 69.6 cm³/mol. The smallest absolute Gasteiger partial charge is 0.188 e. The molecule has 0 atom stereocenters. The fourth-order valence-electron chi connectivity index (χ4n) is 2.04. The molecule has 0 spiro atoms. The van der Waals surface area contributed by atoms with Crippen LogP contribution in [0, 0.1) is 11.8 Å². The fraction of sp³-hybridized carbons (Fsp3) is 0.786. The van der Waals surface area contributed by atoms with Crippen molar-refractivity contribution in [3.05, 3.63) is 11.3 Å².